The third kappa shape index (κ3) is 4.30. The predicted molar refractivity (Wildman–Crippen MR) is 81.0 cm³/mol. The molecule has 0 radical (unpaired) electrons. The molecule has 1 atom stereocenters. The van der Waals surface area contributed by atoms with Crippen molar-refractivity contribution in [2.45, 2.75) is 44.8 Å². The summed E-state index contributed by atoms with van der Waals surface area (Å²) in [5.74, 6) is 0. The Hall–Kier alpha value is -0.900. The SMILES string of the molecule is CCC(CC)N(C)CCC(O)(CN)c1ccccc1. The first kappa shape index (κ1) is 16.2. The van der Waals surface area contributed by atoms with Gasteiger partial charge in [0.2, 0.25) is 0 Å². The molecule has 0 aliphatic carbocycles. The number of rotatable bonds is 8. The molecule has 0 saturated carbocycles. The van der Waals surface area contributed by atoms with Crippen LogP contribution >= 0.6 is 0 Å². The average molecular weight is 264 g/mol. The minimum absolute atomic E-state index is 0.258. The van der Waals surface area contributed by atoms with Crippen molar-refractivity contribution < 1.29 is 5.11 Å². The summed E-state index contributed by atoms with van der Waals surface area (Å²) < 4.78 is 0. The number of nitrogens with zero attached hydrogens (tertiary/aromatic N) is 1. The van der Waals surface area contributed by atoms with Gasteiger partial charge in [-0.05, 0) is 31.9 Å². The van der Waals surface area contributed by atoms with E-state index in [-0.39, 0.29) is 6.54 Å². The molecule has 0 saturated heterocycles. The van der Waals surface area contributed by atoms with E-state index in [1.807, 2.05) is 30.3 Å². The summed E-state index contributed by atoms with van der Waals surface area (Å²) in [5, 5.41) is 10.7. The molecule has 0 amide bonds. The highest BCUT2D eigenvalue weighted by Crippen LogP contribution is 2.24. The first-order valence-electron chi connectivity index (χ1n) is 7.25. The van der Waals surface area contributed by atoms with Crippen LogP contribution in [0, 0.1) is 0 Å². The van der Waals surface area contributed by atoms with Crippen molar-refractivity contribution in [2.75, 3.05) is 20.1 Å². The van der Waals surface area contributed by atoms with Crippen LogP contribution in [-0.2, 0) is 5.60 Å². The fourth-order valence-electron chi connectivity index (χ4n) is 2.57. The molecular formula is C16H28N2O. The molecule has 3 N–H and O–H groups in total. The van der Waals surface area contributed by atoms with Gasteiger partial charge in [-0.25, -0.2) is 0 Å². The molecule has 19 heavy (non-hydrogen) atoms. The van der Waals surface area contributed by atoms with Gasteiger partial charge in [0.05, 0.1) is 0 Å². The van der Waals surface area contributed by atoms with Crippen molar-refractivity contribution in [3.63, 3.8) is 0 Å². The zero-order valence-electron chi connectivity index (χ0n) is 12.5. The molecule has 0 aliphatic heterocycles. The van der Waals surface area contributed by atoms with E-state index in [4.69, 9.17) is 5.73 Å². The highest BCUT2D eigenvalue weighted by molar-refractivity contribution is 5.22. The normalized spacial score (nSPS) is 14.9. The van der Waals surface area contributed by atoms with Crippen molar-refractivity contribution in [3.05, 3.63) is 35.9 Å². The summed E-state index contributed by atoms with van der Waals surface area (Å²) >= 11 is 0. The van der Waals surface area contributed by atoms with Gasteiger partial charge in [-0.2, -0.15) is 0 Å². The molecular weight excluding hydrogens is 236 g/mol. The zero-order chi connectivity index (χ0) is 14.3. The van der Waals surface area contributed by atoms with E-state index in [2.05, 4.69) is 25.8 Å². The van der Waals surface area contributed by atoms with Gasteiger partial charge in [-0.15, -0.1) is 0 Å². The lowest BCUT2D eigenvalue weighted by Gasteiger charge is -2.32. The Morgan fingerprint density at radius 1 is 1.21 bits per heavy atom. The van der Waals surface area contributed by atoms with Crippen molar-refractivity contribution in [1.82, 2.24) is 4.90 Å². The van der Waals surface area contributed by atoms with E-state index >= 15 is 0 Å². The highest BCUT2D eigenvalue weighted by Gasteiger charge is 2.28. The number of nitrogens with two attached hydrogens (primary N) is 1. The quantitative estimate of drug-likeness (QED) is 0.758. The van der Waals surface area contributed by atoms with Crippen LogP contribution in [0.2, 0.25) is 0 Å². The molecule has 3 heteroatoms. The largest absolute Gasteiger partial charge is 0.384 e. The van der Waals surface area contributed by atoms with Gasteiger partial charge in [-0.1, -0.05) is 44.2 Å². The molecule has 0 fully saturated rings. The molecule has 1 aromatic carbocycles. The summed E-state index contributed by atoms with van der Waals surface area (Å²) in [6, 6.07) is 10.3. The molecule has 0 aliphatic rings. The van der Waals surface area contributed by atoms with Crippen LogP contribution in [0.3, 0.4) is 0 Å². The molecule has 3 nitrogen and oxygen atoms in total. The molecule has 1 aromatic rings. The smallest absolute Gasteiger partial charge is 0.103 e. The van der Waals surface area contributed by atoms with Crippen LogP contribution in [0.25, 0.3) is 0 Å². The van der Waals surface area contributed by atoms with Gasteiger partial charge in [0.15, 0.2) is 0 Å². The van der Waals surface area contributed by atoms with Crippen LogP contribution in [0.1, 0.15) is 38.7 Å². The molecule has 108 valence electrons. The zero-order valence-corrected chi connectivity index (χ0v) is 12.5. The molecule has 0 aromatic heterocycles. The second-order valence-corrected chi connectivity index (χ2v) is 5.30. The number of benzene rings is 1. The molecule has 1 rings (SSSR count). The predicted octanol–water partition coefficient (Wildman–Crippen LogP) is 2.34. The van der Waals surface area contributed by atoms with E-state index in [0.29, 0.717) is 12.5 Å². The lowest BCUT2D eigenvalue weighted by molar-refractivity contribution is 0.0237. The summed E-state index contributed by atoms with van der Waals surface area (Å²) in [4.78, 5) is 2.32. The average Bonchev–Trinajstić information content (AvgIpc) is 2.47. The lowest BCUT2D eigenvalue weighted by atomic mass is 9.90. The second-order valence-electron chi connectivity index (χ2n) is 5.30. The van der Waals surface area contributed by atoms with Gasteiger partial charge in [0.25, 0.3) is 0 Å². The fraction of sp³-hybridized carbons (Fsp3) is 0.625. The van der Waals surface area contributed by atoms with E-state index in [0.717, 1.165) is 24.9 Å². The van der Waals surface area contributed by atoms with Crippen molar-refractivity contribution in [3.8, 4) is 0 Å². The van der Waals surface area contributed by atoms with E-state index in [1.165, 1.54) is 0 Å². The maximum absolute atomic E-state index is 10.7. The summed E-state index contributed by atoms with van der Waals surface area (Å²) in [7, 11) is 2.12. The minimum Gasteiger partial charge on any atom is -0.384 e. The molecule has 1 unspecified atom stereocenters. The molecule has 0 spiro atoms. The van der Waals surface area contributed by atoms with Crippen molar-refractivity contribution in [2.24, 2.45) is 5.73 Å². The van der Waals surface area contributed by atoms with Crippen LogP contribution in [0.15, 0.2) is 30.3 Å². The number of hydrogen-bond donors (Lipinski definition) is 2. The third-order valence-electron chi connectivity index (χ3n) is 4.09. The van der Waals surface area contributed by atoms with E-state index in [1.54, 1.807) is 0 Å². The van der Waals surface area contributed by atoms with Crippen LogP contribution in [0.5, 0.6) is 0 Å². The van der Waals surface area contributed by atoms with Gasteiger partial charge in [-0.3, -0.25) is 0 Å². The van der Waals surface area contributed by atoms with Crippen LogP contribution in [-0.4, -0.2) is 36.2 Å². The first-order valence-corrected chi connectivity index (χ1v) is 7.25. The Labute approximate surface area is 117 Å². The minimum atomic E-state index is -0.915. The summed E-state index contributed by atoms with van der Waals surface area (Å²) in [6.45, 7) is 5.52. The maximum Gasteiger partial charge on any atom is 0.103 e. The fourth-order valence-corrected chi connectivity index (χ4v) is 2.57. The van der Waals surface area contributed by atoms with E-state index < -0.39 is 5.60 Å². The van der Waals surface area contributed by atoms with Gasteiger partial charge < -0.3 is 15.7 Å². The number of hydrogen-bond acceptors (Lipinski definition) is 3. The Morgan fingerprint density at radius 2 is 1.79 bits per heavy atom. The monoisotopic (exact) mass is 264 g/mol. The maximum atomic E-state index is 10.7. The Morgan fingerprint density at radius 3 is 2.26 bits per heavy atom. The Balaban J connectivity index is 2.67. The van der Waals surface area contributed by atoms with Gasteiger partial charge >= 0.3 is 0 Å². The molecule has 0 bridgehead atoms. The summed E-state index contributed by atoms with van der Waals surface area (Å²) in [5.41, 5.74) is 5.80. The van der Waals surface area contributed by atoms with Gasteiger partial charge in [0.1, 0.15) is 5.60 Å². The number of aliphatic hydroxyl groups is 1. The topological polar surface area (TPSA) is 49.5 Å². The van der Waals surface area contributed by atoms with Crippen LogP contribution < -0.4 is 5.73 Å². The van der Waals surface area contributed by atoms with Crippen molar-refractivity contribution in [1.29, 1.82) is 0 Å². The highest BCUT2D eigenvalue weighted by atomic mass is 16.3. The standard InChI is InChI=1S/C16H28N2O/c1-4-15(5-2)18(3)12-11-16(19,13-17)14-9-7-6-8-10-14/h6-10,15,19H,4-5,11-13,17H2,1-3H3. The molecule has 0 heterocycles. The van der Waals surface area contributed by atoms with Crippen molar-refractivity contribution >= 4 is 0 Å². The third-order valence-corrected chi connectivity index (χ3v) is 4.09. The first-order chi connectivity index (χ1) is 9.07. The van der Waals surface area contributed by atoms with E-state index in [9.17, 15) is 5.11 Å². The second kappa shape index (κ2) is 7.63. The van der Waals surface area contributed by atoms with Crippen LogP contribution in [0.4, 0.5) is 0 Å². The summed E-state index contributed by atoms with van der Waals surface area (Å²) in [6.07, 6.45) is 2.94. The Kier molecular flexibility index (Phi) is 6.49. The lowest BCUT2D eigenvalue weighted by Crippen LogP contribution is -2.40. The Bertz CT molecular complexity index is 351. The van der Waals surface area contributed by atoms with Gasteiger partial charge in [0, 0.05) is 19.1 Å².